The fourth-order valence-electron chi connectivity index (χ4n) is 3.97. The Hall–Kier alpha value is -1.73. The smallest absolute Gasteiger partial charge is 0.549 e. The van der Waals surface area contributed by atoms with Crippen molar-refractivity contribution >= 4 is 29.6 Å². The number of carbonyl (C=O) groups excluding carboxylic acids is 5. The van der Waals surface area contributed by atoms with Crippen LogP contribution in [-0.4, -0.2) is 134 Å². The Balaban J connectivity index is 0.0000137. The van der Waals surface area contributed by atoms with Crippen LogP contribution < -0.4 is 20.6 Å². The average Bonchev–Trinajstić information content (AvgIpc) is 2.81. The molecule has 1 N–H and O–H groups in total. The number of hydrogen-bond donors (Lipinski definition) is 1. The molecule has 1 aliphatic heterocycles. The Labute approximate surface area is 255 Å². The largest absolute Gasteiger partial charge is 3.00 e. The Morgan fingerprint density at radius 2 is 1.16 bits per heavy atom. The van der Waals surface area contributed by atoms with Crippen LogP contribution in [0.3, 0.4) is 0 Å². The van der Waals surface area contributed by atoms with Gasteiger partial charge in [-0.25, -0.2) is 0 Å². The van der Waals surface area contributed by atoms with Crippen molar-refractivity contribution in [2.75, 3.05) is 78.5 Å². The maximum absolute atomic E-state index is 12.9. The molecule has 1 fully saturated rings. The third-order valence-electron chi connectivity index (χ3n) is 6.13. The van der Waals surface area contributed by atoms with E-state index in [-0.39, 0.29) is 136 Å². The second-order valence-electron chi connectivity index (χ2n) is 8.93. The van der Waals surface area contributed by atoms with E-state index in [1.807, 2.05) is 4.90 Å². The number of Topliss-reactive ketones (excluding diaryl/α,β-unsaturated/α-hetero) is 1. The zero-order valence-electron chi connectivity index (χ0n) is 21.7. The van der Waals surface area contributed by atoms with Gasteiger partial charge in [0.15, 0.2) is 0 Å². The minimum atomic E-state index is -1.30. The first-order valence-electron chi connectivity index (χ1n) is 12.2. The molecule has 0 spiro atoms. The van der Waals surface area contributed by atoms with Crippen LogP contribution in [-0.2, 0) is 24.0 Å². The summed E-state index contributed by atoms with van der Waals surface area (Å²) < 4.78 is 0. The van der Waals surface area contributed by atoms with Crippen LogP contribution in [0.1, 0.15) is 26.2 Å². The van der Waals surface area contributed by atoms with Crippen molar-refractivity contribution in [1.29, 1.82) is 0 Å². The standard InChI is InChI=1S/C24H39N5O8.Gd/c1-3-4-7-25-21(31)6-5-20(30)19(2)29-14-12-27(17-23(34)35)10-8-26(16-22(32)33)9-11-28(13-15-29)18-24(36)37;/h1,19H,4-18H2,2H3,(H,25,31)(H,32,33)(H,34,35)(H,36,37);/q;+3/p-3. The number of aliphatic carboxylic acids is 3. The van der Waals surface area contributed by atoms with Gasteiger partial charge in [-0.2, -0.15) is 0 Å². The molecule has 13 nitrogen and oxygen atoms in total. The third-order valence-corrected chi connectivity index (χ3v) is 6.13. The van der Waals surface area contributed by atoms with Crippen LogP contribution in [0.4, 0.5) is 0 Å². The summed E-state index contributed by atoms with van der Waals surface area (Å²) >= 11 is 0. The molecule has 1 saturated heterocycles. The van der Waals surface area contributed by atoms with Gasteiger partial charge in [0, 0.05) is 97.8 Å². The zero-order valence-corrected chi connectivity index (χ0v) is 23.9. The monoisotopic (exact) mass is 680 g/mol. The van der Waals surface area contributed by atoms with Gasteiger partial charge in [-0.15, -0.1) is 12.3 Å². The number of carboxylic acids is 3. The number of carboxylic acid groups (broad SMARTS) is 3. The van der Waals surface area contributed by atoms with Gasteiger partial charge in [0.2, 0.25) is 5.91 Å². The average molecular weight is 680 g/mol. The quantitative estimate of drug-likeness (QED) is 0.144. The molecule has 1 atom stereocenters. The first-order chi connectivity index (χ1) is 17.5. The Morgan fingerprint density at radius 3 is 1.53 bits per heavy atom. The minimum Gasteiger partial charge on any atom is -0.549 e. The van der Waals surface area contributed by atoms with Gasteiger partial charge < -0.3 is 35.0 Å². The van der Waals surface area contributed by atoms with Crippen molar-refractivity contribution < 1.29 is 79.2 Å². The van der Waals surface area contributed by atoms with Crippen molar-refractivity contribution in [3.8, 4) is 12.3 Å². The van der Waals surface area contributed by atoms with E-state index in [0.717, 1.165) is 0 Å². The van der Waals surface area contributed by atoms with Crippen LogP contribution in [0, 0.1) is 52.3 Å². The Morgan fingerprint density at radius 1 is 0.763 bits per heavy atom. The van der Waals surface area contributed by atoms with Crippen LogP contribution in [0.25, 0.3) is 0 Å². The van der Waals surface area contributed by atoms with Crippen molar-refractivity contribution in [1.82, 2.24) is 24.9 Å². The molecule has 1 unspecified atom stereocenters. The Bertz CT molecular complexity index is 805. The molecule has 0 aliphatic carbocycles. The fourth-order valence-corrected chi connectivity index (χ4v) is 3.97. The molecule has 0 aromatic heterocycles. The topological polar surface area (TPSA) is 180 Å². The van der Waals surface area contributed by atoms with Gasteiger partial charge in [-0.05, 0) is 6.92 Å². The summed E-state index contributed by atoms with van der Waals surface area (Å²) in [5.41, 5.74) is 0. The summed E-state index contributed by atoms with van der Waals surface area (Å²) in [4.78, 5) is 65.0. The van der Waals surface area contributed by atoms with E-state index in [2.05, 4.69) is 11.2 Å². The summed E-state index contributed by atoms with van der Waals surface area (Å²) in [6.07, 6.45) is 5.55. The minimum absolute atomic E-state index is 0. The molecule has 1 aliphatic rings. The molecule has 14 heteroatoms. The molecule has 1 radical (unpaired) electrons. The molecular formula is C24H36GdN5O8. The van der Waals surface area contributed by atoms with Gasteiger partial charge in [-0.3, -0.25) is 29.2 Å². The summed E-state index contributed by atoms with van der Waals surface area (Å²) in [6, 6.07) is -0.606. The second-order valence-corrected chi connectivity index (χ2v) is 8.93. The predicted molar refractivity (Wildman–Crippen MR) is 126 cm³/mol. The molecule has 0 aromatic rings. The second kappa shape index (κ2) is 20.2. The van der Waals surface area contributed by atoms with E-state index in [1.54, 1.807) is 21.6 Å². The SMILES string of the molecule is C#CCCNC(=O)CCC(=O)C(C)N1CCN(CC(=O)[O-])CCN(CC(=O)[O-])CCN(CC(=O)[O-])CC1.[Gd+3]. The summed E-state index contributed by atoms with van der Waals surface area (Å²) in [6.45, 7) is 2.82. The number of ketones is 1. The van der Waals surface area contributed by atoms with E-state index < -0.39 is 23.9 Å². The number of hydrogen-bond acceptors (Lipinski definition) is 12. The van der Waals surface area contributed by atoms with Gasteiger partial charge in [0.25, 0.3) is 0 Å². The number of amides is 1. The number of terminal acetylenes is 1. The Kier molecular flexibility index (Phi) is 19.3. The molecule has 0 aromatic carbocycles. The predicted octanol–water partition coefficient (Wildman–Crippen LogP) is -5.67. The van der Waals surface area contributed by atoms with Crippen LogP contribution >= 0.6 is 0 Å². The van der Waals surface area contributed by atoms with Crippen molar-refractivity contribution in [3.63, 3.8) is 0 Å². The molecule has 1 rings (SSSR count). The van der Waals surface area contributed by atoms with Crippen LogP contribution in [0.15, 0.2) is 0 Å². The number of rotatable bonds is 13. The zero-order chi connectivity index (χ0) is 27.8. The van der Waals surface area contributed by atoms with E-state index in [1.165, 1.54) is 0 Å². The van der Waals surface area contributed by atoms with Gasteiger partial charge in [-0.1, -0.05) is 0 Å². The fraction of sp³-hybridized carbons (Fsp3) is 0.708. The molecule has 213 valence electrons. The van der Waals surface area contributed by atoms with E-state index in [0.29, 0.717) is 13.0 Å². The molecular weight excluding hydrogens is 644 g/mol. The molecule has 0 bridgehead atoms. The summed E-state index contributed by atoms with van der Waals surface area (Å²) in [5, 5.41) is 36.3. The third kappa shape index (κ3) is 16.3. The maximum atomic E-state index is 12.9. The van der Waals surface area contributed by atoms with E-state index in [9.17, 15) is 39.3 Å². The molecule has 0 saturated carbocycles. The first-order valence-corrected chi connectivity index (χ1v) is 12.2. The molecule has 38 heavy (non-hydrogen) atoms. The summed E-state index contributed by atoms with van der Waals surface area (Å²) in [7, 11) is 0. The van der Waals surface area contributed by atoms with Crippen molar-refractivity contribution in [2.24, 2.45) is 0 Å². The van der Waals surface area contributed by atoms with Gasteiger partial charge >= 0.3 is 39.9 Å². The van der Waals surface area contributed by atoms with Crippen LogP contribution in [0.2, 0.25) is 0 Å². The number of nitrogens with zero attached hydrogens (tertiary/aromatic N) is 4. The molecule has 1 amide bonds. The van der Waals surface area contributed by atoms with E-state index in [4.69, 9.17) is 6.42 Å². The first kappa shape index (κ1) is 36.3. The van der Waals surface area contributed by atoms with Crippen molar-refractivity contribution in [2.45, 2.75) is 32.2 Å². The number of nitrogens with one attached hydrogen (secondary N) is 1. The summed E-state index contributed by atoms with van der Waals surface area (Å²) in [5.74, 6) is -1.93. The van der Waals surface area contributed by atoms with Crippen LogP contribution in [0.5, 0.6) is 0 Å². The van der Waals surface area contributed by atoms with E-state index >= 15 is 0 Å². The normalized spacial score (nSPS) is 17.6. The van der Waals surface area contributed by atoms with Gasteiger partial charge in [0.1, 0.15) is 5.78 Å². The number of carbonyl (C=O) groups is 5. The van der Waals surface area contributed by atoms with Gasteiger partial charge in [0.05, 0.1) is 23.9 Å². The molecule has 1 heterocycles. The van der Waals surface area contributed by atoms with Crippen molar-refractivity contribution in [3.05, 3.63) is 0 Å². The maximum Gasteiger partial charge on any atom is 3.00 e.